The summed E-state index contributed by atoms with van der Waals surface area (Å²) < 4.78 is 27.1. The van der Waals surface area contributed by atoms with Gasteiger partial charge in [-0.1, -0.05) is 0 Å². The molecule has 0 spiro atoms. The predicted molar refractivity (Wildman–Crippen MR) is 71.1 cm³/mol. The number of aromatic amines is 1. The second kappa shape index (κ2) is 5.37. The van der Waals surface area contributed by atoms with E-state index in [1.807, 2.05) is 0 Å². The summed E-state index contributed by atoms with van der Waals surface area (Å²) in [5.74, 6) is 0.554. The molecule has 8 heteroatoms. The van der Waals surface area contributed by atoms with Crippen LogP contribution in [0, 0.1) is 0 Å². The average molecular weight is 281 g/mol. The molecule has 0 amide bonds. The van der Waals surface area contributed by atoms with E-state index in [0.717, 1.165) is 0 Å². The van der Waals surface area contributed by atoms with Crippen molar-refractivity contribution >= 4 is 15.7 Å². The van der Waals surface area contributed by atoms with Crippen molar-refractivity contribution in [3.8, 4) is 0 Å². The first-order valence-electron chi connectivity index (χ1n) is 5.68. The summed E-state index contributed by atoms with van der Waals surface area (Å²) in [6.45, 7) is 1.71. The van der Waals surface area contributed by atoms with Crippen molar-refractivity contribution in [1.82, 2.24) is 19.7 Å². The van der Waals surface area contributed by atoms with E-state index >= 15 is 0 Å². The first-order valence-corrected chi connectivity index (χ1v) is 7.16. The van der Waals surface area contributed by atoms with Crippen molar-refractivity contribution in [3.63, 3.8) is 0 Å². The molecule has 0 radical (unpaired) electrons. The lowest BCUT2D eigenvalue weighted by atomic mass is 10.3. The number of hydrogen-bond acceptors (Lipinski definition) is 5. The van der Waals surface area contributed by atoms with Crippen LogP contribution in [0.15, 0.2) is 35.7 Å². The van der Waals surface area contributed by atoms with Crippen LogP contribution in [-0.4, -0.2) is 30.4 Å². The first-order chi connectivity index (χ1) is 9.04. The molecule has 2 rings (SSSR count). The number of sulfonamides is 1. The second-order valence-corrected chi connectivity index (χ2v) is 5.62. The average Bonchev–Trinajstić information content (AvgIpc) is 2.92. The van der Waals surface area contributed by atoms with Crippen LogP contribution >= 0.6 is 0 Å². The van der Waals surface area contributed by atoms with Crippen molar-refractivity contribution in [2.24, 2.45) is 0 Å². The molecule has 1 unspecified atom stereocenters. The molecule has 0 fully saturated rings. The Hall–Kier alpha value is -1.93. The Morgan fingerprint density at radius 1 is 1.37 bits per heavy atom. The lowest BCUT2D eigenvalue weighted by Crippen LogP contribution is -2.28. The zero-order chi connectivity index (χ0) is 13.9. The van der Waals surface area contributed by atoms with Crippen molar-refractivity contribution in [3.05, 3.63) is 36.7 Å². The van der Waals surface area contributed by atoms with E-state index in [1.54, 1.807) is 32.4 Å². The van der Waals surface area contributed by atoms with Crippen LogP contribution < -0.4 is 10.0 Å². The number of H-pyrrole nitrogens is 1. The number of aromatic nitrogens is 3. The fourth-order valence-electron chi connectivity index (χ4n) is 1.67. The van der Waals surface area contributed by atoms with E-state index in [9.17, 15) is 8.42 Å². The number of nitrogens with zero attached hydrogens (tertiary/aromatic N) is 2. The molecule has 19 heavy (non-hydrogen) atoms. The summed E-state index contributed by atoms with van der Waals surface area (Å²) >= 11 is 0. The summed E-state index contributed by atoms with van der Waals surface area (Å²) in [5, 5.41) is 2.83. The summed E-state index contributed by atoms with van der Waals surface area (Å²) in [6.07, 6.45) is 6.05. The van der Waals surface area contributed by atoms with Gasteiger partial charge in [0.2, 0.25) is 10.0 Å². The topological polar surface area (TPSA) is 99.8 Å². The Kier molecular flexibility index (Phi) is 3.82. The minimum absolute atomic E-state index is 0.107. The van der Waals surface area contributed by atoms with Crippen molar-refractivity contribution in [2.75, 3.05) is 12.4 Å². The molecule has 0 saturated carbocycles. The minimum Gasteiger partial charge on any atom is -0.387 e. The Morgan fingerprint density at radius 3 is 2.79 bits per heavy atom. The van der Waals surface area contributed by atoms with Crippen molar-refractivity contribution in [1.29, 1.82) is 0 Å². The Morgan fingerprint density at radius 2 is 2.16 bits per heavy atom. The molecule has 3 N–H and O–H groups in total. The van der Waals surface area contributed by atoms with Gasteiger partial charge in [0.05, 0.1) is 11.7 Å². The second-order valence-electron chi connectivity index (χ2n) is 3.94. The Balaban J connectivity index is 2.28. The van der Waals surface area contributed by atoms with Gasteiger partial charge in [-0.25, -0.2) is 18.1 Å². The first kappa shape index (κ1) is 13.5. The molecule has 2 aromatic rings. The third-order valence-corrected chi connectivity index (χ3v) is 4.17. The predicted octanol–water partition coefficient (Wildman–Crippen LogP) is 0.886. The fourth-order valence-corrected chi connectivity index (χ4v) is 3.03. The molecule has 1 atom stereocenters. The van der Waals surface area contributed by atoms with Crippen LogP contribution in [0.25, 0.3) is 0 Å². The molecule has 0 aliphatic carbocycles. The molecular weight excluding hydrogens is 266 g/mol. The van der Waals surface area contributed by atoms with Crippen LogP contribution in [0.4, 0.5) is 5.69 Å². The summed E-state index contributed by atoms with van der Waals surface area (Å²) in [7, 11) is -2.01. The summed E-state index contributed by atoms with van der Waals surface area (Å²) in [4.78, 5) is 10.8. The lowest BCUT2D eigenvalue weighted by Gasteiger charge is -2.14. The third kappa shape index (κ3) is 2.91. The zero-order valence-electron chi connectivity index (χ0n) is 10.6. The number of hydrogen-bond donors (Lipinski definition) is 3. The van der Waals surface area contributed by atoms with Crippen molar-refractivity contribution < 1.29 is 8.42 Å². The molecule has 0 aliphatic rings. The smallest absolute Gasteiger partial charge is 0.244 e. The number of pyridine rings is 1. The van der Waals surface area contributed by atoms with Crippen LogP contribution in [-0.2, 0) is 10.0 Å². The molecule has 0 aliphatic heterocycles. The van der Waals surface area contributed by atoms with Gasteiger partial charge in [-0.15, -0.1) is 0 Å². The highest BCUT2D eigenvalue weighted by molar-refractivity contribution is 7.89. The van der Waals surface area contributed by atoms with E-state index in [-0.39, 0.29) is 4.90 Å². The van der Waals surface area contributed by atoms with Gasteiger partial charge in [0.1, 0.15) is 10.7 Å². The molecule has 0 aromatic carbocycles. The number of nitrogens with one attached hydrogen (secondary N) is 3. The van der Waals surface area contributed by atoms with E-state index < -0.39 is 16.1 Å². The number of rotatable bonds is 5. The van der Waals surface area contributed by atoms with Crippen LogP contribution in [0.3, 0.4) is 0 Å². The zero-order valence-corrected chi connectivity index (χ0v) is 11.4. The van der Waals surface area contributed by atoms with E-state index in [1.165, 1.54) is 12.4 Å². The Bertz CT molecular complexity index is 639. The third-order valence-electron chi connectivity index (χ3n) is 2.60. The normalized spacial score (nSPS) is 13.2. The van der Waals surface area contributed by atoms with Gasteiger partial charge < -0.3 is 10.3 Å². The van der Waals surface area contributed by atoms with Gasteiger partial charge in [0.25, 0.3) is 0 Å². The van der Waals surface area contributed by atoms with Crippen molar-refractivity contribution in [2.45, 2.75) is 17.9 Å². The van der Waals surface area contributed by atoms with E-state index in [2.05, 4.69) is 25.0 Å². The van der Waals surface area contributed by atoms with Gasteiger partial charge in [-0.3, -0.25) is 4.98 Å². The maximum atomic E-state index is 12.3. The molecular formula is C11H15N5O2S. The molecule has 2 heterocycles. The van der Waals surface area contributed by atoms with Gasteiger partial charge in [0, 0.05) is 31.8 Å². The SMILES string of the molecule is CNc1ccncc1S(=O)(=O)NC(C)c1ncc[nH]1. The molecule has 2 aromatic heterocycles. The number of anilines is 1. The fraction of sp³-hybridized carbons (Fsp3) is 0.273. The minimum atomic E-state index is -3.66. The summed E-state index contributed by atoms with van der Waals surface area (Å²) in [5.41, 5.74) is 0.495. The summed E-state index contributed by atoms with van der Waals surface area (Å²) in [6, 6.07) is 1.15. The van der Waals surface area contributed by atoms with E-state index in [4.69, 9.17) is 0 Å². The largest absolute Gasteiger partial charge is 0.387 e. The monoisotopic (exact) mass is 281 g/mol. The highest BCUT2D eigenvalue weighted by atomic mass is 32.2. The van der Waals surface area contributed by atoms with Crippen LogP contribution in [0.1, 0.15) is 18.8 Å². The molecule has 7 nitrogen and oxygen atoms in total. The highest BCUT2D eigenvalue weighted by Crippen LogP contribution is 2.20. The van der Waals surface area contributed by atoms with Crippen LogP contribution in [0.5, 0.6) is 0 Å². The standard InChI is InChI=1S/C11H15N5O2S/c1-8(11-14-5-6-15-11)16-19(17,18)10-7-13-4-3-9(10)12-2/h3-8,16H,1-2H3,(H,12,13)(H,14,15). The lowest BCUT2D eigenvalue weighted by molar-refractivity contribution is 0.561. The van der Waals surface area contributed by atoms with Gasteiger partial charge in [0.15, 0.2) is 0 Å². The van der Waals surface area contributed by atoms with Crippen LogP contribution in [0.2, 0.25) is 0 Å². The molecule has 0 bridgehead atoms. The van der Waals surface area contributed by atoms with Gasteiger partial charge in [-0.05, 0) is 13.0 Å². The molecule has 0 saturated heterocycles. The maximum Gasteiger partial charge on any atom is 0.244 e. The highest BCUT2D eigenvalue weighted by Gasteiger charge is 2.22. The number of imidazole rings is 1. The van der Waals surface area contributed by atoms with Gasteiger partial charge >= 0.3 is 0 Å². The Labute approximate surface area is 111 Å². The van der Waals surface area contributed by atoms with Gasteiger partial charge in [-0.2, -0.15) is 0 Å². The maximum absolute atomic E-state index is 12.3. The quantitative estimate of drug-likeness (QED) is 0.755. The van der Waals surface area contributed by atoms with E-state index in [0.29, 0.717) is 11.5 Å². The molecule has 102 valence electrons.